The zero-order valence-electron chi connectivity index (χ0n) is 7.30. The maximum absolute atomic E-state index is 10.8. The highest BCUT2D eigenvalue weighted by Crippen LogP contribution is 2.04. The van der Waals surface area contributed by atoms with Crippen LogP contribution < -0.4 is 0 Å². The van der Waals surface area contributed by atoms with Gasteiger partial charge < -0.3 is 9.47 Å². The first kappa shape index (κ1) is 9.43. The van der Waals surface area contributed by atoms with Gasteiger partial charge in [0.2, 0.25) is 6.33 Å². The Hall–Kier alpha value is -1.66. The summed E-state index contributed by atoms with van der Waals surface area (Å²) in [5.41, 5.74) is 0. The van der Waals surface area contributed by atoms with E-state index in [1.54, 1.807) is 13.8 Å². The molecule has 71 valence electrons. The summed E-state index contributed by atoms with van der Waals surface area (Å²) in [7, 11) is 0. The molecule has 1 heterocycles. The van der Waals surface area contributed by atoms with Crippen molar-refractivity contribution >= 4 is 6.16 Å². The minimum absolute atomic E-state index is 0.269. The van der Waals surface area contributed by atoms with Gasteiger partial charge in [-0.25, -0.2) is 4.79 Å². The average Bonchev–Trinajstić information content (AvgIpc) is 2.55. The second-order valence-electron chi connectivity index (χ2n) is 2.12. The molecule has 7 nitrogen and oxygen atoms in total. The van der Waals surface area contributed by atoms with E-state index >= 15 is 0 Å². The molecular weight excluding hydrogens is 176 g/mol. The van der Waals surface area contributed by atoms with Crippen LogP contribution in [0.4, 0.5) is 4.79 Å². The van der Waals surface area contributed by atoms with Gasteiger partial charge in [-0.05, 0) is 24.3 Å². The van der Waals surface area contributed by atoms with Crippen LogP contribution in [0.5, 0.6) is 0 Å². The fourth-order valence-electron chi connectivity index (χ4n) is 0.644. The first-order valence-electron chi connectivity index (χ1n) is 3.73. The van der Waals surface area contributed by atoms with Crippen molar-refractivity contribution in [3.8, 4) is 0 Å². The summed E-state index contributed by atoms with van der Waals surface area (Å²) in [6.07, 6.45) is 1.03. The molecule has 7 heteroatoms. The third kappa shape index (κ3) is 2.69. The van der Waals surface area contributed by atoms with Crippen molar-refractivity contribution in [2.75, 3.05) is 6.61 Å². The van der Waals surface area contributed by atoms with Gasteiger partial charge in [-0.15, -0.1) is 5.10 Å². The monoisotopic (exact) mass is 185 g/mol. The molecule has 0 saturated carbocycles. The lowest BCUT2D eigenvalue weighted by atomic mass is 10.7. The molecule has 0 bridgehead atoms. The van der Waals surface area contributed by atoms with Gasteiger partial charge in [0.25, 0.3) is 0 Å². The lowest BCUT2D eigenvalue weighted by molar-refractivity contribution is 0.000348. The van der Waals surface area contributed by atoms with E-state index in [0.29, 0.717) is 0 Å². The van der Waals surface area contributed by atoms with E-state index in [4.69, 9.17) is 4.74 Å². The van der Waals surface area contributed by atoms with Crippen molar-refractivity contribution in [3.63, 3.8) is 0 Å². The first-order valence-corrected chi connectivity index (χ1v) is 3.73. The van der Waals surface area contributed by atoms with Crippen LogP contribution >= 0.6 is 0 Å². The summed E-state index contributed by atoms with van der Waals surface area (Å²) in [5, 5.41) is 10.1. The Balaban J connectivity index is 2.42. The molecule has 0 aromatic carbocycles. The summed E-state index contributed by atoms with van der Waals surface area (Å²) >= 11 is 0. The highest BCUT2D eigenvalue weighted by molar-refractivity contribution is 5.59. The van der Waals surface area contributed by atoms with Crippen molar-refractivity contribution in [3.05, 3.63) is 6.33 Å². The molecule has 1 rings (SSSR count). The van der Waals surface area contributed by atoms with Crippen LogP contribution in [0.3, 0.4) is 0 Å². The van der Waals surface area contributed by atoms with Crippen molar-refractivity contribution in [1.29, 1.82) is 0 Å². The Morgan fingerprint density at radius 1 is 1.69 bits per heavy atom. The zero-order chi connectivity index (χ0) is 9.68. The summed E-state index contributed by atoms with van der Waals surface area (Å²) < 4.78 is 10.5. The maximum Gasteiger partial charge on any atom is 0.510 e. The molecule has 1 aromatic heterocycles. The molecule has 1 atom stereocenters. The van der Waals surface area contributed by atoms with Gasteiger partial charge in [-0.3, -0.25) is 0 Å². The quantitative estimate of drug-likeness (QED) is 0.624. The smallest absolute Gasteiger partial charge is 0.435 e. The van der Waals surface area contributed by atoms with Crippen molar-refractivity contribution < 1.29 is 14.3 Å². The van der Waals surface area contributed by atoms with Crippen LogP contribution in [0.25, 0.3) is 0 Å². The average molecular weight is 185 g/mol. The Kier molecular flexibility index (Phi) is 3.18. The number of carbonyl (C=O) groups excluding carboxylic acids is 1. The number of rotatable bonds is 3. The molecule has 1 radical (unpaired) electrons. The molecule has 0 fully saturated rings. The van der Waals surface area contributed by atoms with Gasteiger partial charge in [-0.1, -0.05) is 0 Å². The van der Waals surface area contributed by atoms with Crippen molar-refractivity contribution in [1.82, 2.24) is 20.2 Å². The molecule has 0 saturated heterocycles. The SMILES string of the molecule is CCOC(=O)OC(C)n1[c]nnn1. The second-order valence-corrected chi connectivity index (χ2v) is 2.12. The van der Waals surface area contributed by atoms with Gasteiger partial charge in [0.1, 0.15) is 0 Å². The summed E-state index contributed by atoms with van der Waals surface area (Å²) in [6.45, 7) is 3.56. The summed E-state index contributed by atoms with van der Waals surface area (Å²) in [6, 6.07) is 0. The van der Waals surface area contributed by atoms with Crippen LogP contribution in [0.1, 0.15) is 20.1 Å². The number of hydrogen-bond acceptors (Lipinski definition) is 6. The lowest BCUT2D eigenvalue weighted by Gasteiger charge is -2.10. The molecule has 1 aromatic rings. The van der Waals surface area contributed by atoms with Crippen LogP contribution in [0.15, 0.2) is 0 Å². The number of tetrazole rings is 1. The Morgan fingerprint density at radius 3 is 3.00 bits per heavy atom. The van der Waals surface area contributed by atoms with E-state index in [2.05, 4.69) is 26.6 Å². The van der Waals surface area contributed by atoms with E-state index < -0.39 is 12.4 Å². The number of ether oxygens (including phenoxy) is 2. The second kappa shape index (κ2) is 4.39. The van der Waals surface area contributed by atoms with Crippen LogP contribution in [-0.4, -0.2) is 33.0 Å². The van der Waals surface area contributed by atoms with E-state index in [0.717, 1.165) is 0 Å². The Morgan fingerprint density at radius 2 is 2.46 bits per heavy atom. The third-order valence-electron chi connectivity index (χ3n) is 1.20. The number of aromatic nitrogens is 4. The van der Waals surface area contributed by atoms with Gasteiger partial charge >= 0.3 is 6.16 Å². The Bertz CT molecular complexity index is 261. The minimum Gasteiger partial charge on any atom is -0.435 e. The van der Waals surface area contributed by atoms with Gasteiger partial charge in [0.05, 0.1) is 6.61 Å². The van der Waals surface area contributed by atoms with E-state index in [-0.39, 0.29) is 6.61 Å². The largest absolute Gasteiger partial charge is 0.510 e. The lowest BCUT2D eigenvalue weighted by Crippen LogP contribution is -2.16. The molecule has 0 aliphatic rings. The van der Waals surface area contributed by atoms with Crippen LogP contribution in [0.2, 0.25) is 0 Å². The molecule has 1 unspecified atom stereocenters. The highest BCUT2D eigenvalue weighted by Gasteiger charge is 2.12. The van der Waals surface area contributed by atoms with Gasteiger partial charge in [0.15, 0.2) is 6.23 Å². The molecule has 0 spiro atoms. The fraction of sp³-hybridized carbons (Fsp3) is 0.667. The Labute approximate surface area is 74.6 Å². The normalized spacial score (nSPS) is 12.2. The minimum atomic E-state index is -0.751. The standard InChI is InChI=1S/C6H9N4O3/c1-3-12-6(11)13-5(2)10-4-7-8-9-10/h5H,3H2,1-2H3. The molecule has 0 aliphatic carbocycles. The number of carbonyl (C=O) groups is 1. The van der Waals surface area contributed by atoms with E-state index in [1.807, 2.05) is 0 Å². The van der Waals surface area contributed by atoms with E-state index in [1.165, 1.54) is 4.68 Å². The molecule has 0 aliphatic heterocycles. The summed E-state index contributed by atoms with van der Waals surface area (Å²) in [4.78, 5) is 10.8. The molecule has 0 amide bonds. The predicted molar refractivity (Wildman–Crippen MR) is 39.5 cm³/mol. The zero-order valence-corrected chi connectivity index (χ0v) is 7.30. The topological polar surface area (TPSA) is 79.1 Å². The molecule has 13 heavy (non-hydrogen) atoms. The predicted octanol–water partition coefficient (Wildman–Crippen LogP) is 0.165. The number of hydrogen-bond donors (Lipinski definition) is 0. The maximum atomic E-state index is 10.8. The highest BCUT2D eigenvalue weighted by atomic mass is 16.7. The molecular formula is C6H9N4O3. The first-order chi connectivity index (χ1) is 6.24. The summed E-state index contributed by atoms with van der Waals surface area (Å²) in [5.74, 6) is 0. The molecule has 0 N–H and O–H groups in total. The van der Waals surface area contributed by atoms with Crippen molar-refractivity contribution in [2.45, 2.75) is 20.1 Å². The van der Waals surface area contributed by atoms with Gasteiger partial charge in [0, 0.05) is 0 Å². The van der Waals surface area contributed by atoms with E-state index in [9.17, 15) is 4.79 Å². The fourth-order valence-corrected chi connectivity index (χ4v) is 0.644. The number of nitrogens with zero attached hydrogens (tertiary/aromatic N) is 4. The van der Waals surface area contributed by atoms with Crippen molar-refractivity contribution in [2.24, 2.45) is 0 Å². The van der Waals surface area contributed by atoms with Gasteiger partial charge in [-0.2, -0.15) is 4.68 Å². The van der Waals surface area contributed by atoms with Crippen LogP contribution in [0, 0.1) is 6.33 Å². The third-order valence-corrected chi connectivity index (χ3v) is 1.20. The van der Waals surface area contributed by atoms with Crippen LogP contribution in [-0.2, 0) is 9.47 Å².